The van der Waals surface area contributed by atoms with Gasteiger partial charge in [-0.05, 0) is 6.42 Å². The largest absolute Gasteiger partial charge is 0.360 e. The molecule has 0 N–H and O–H groups in total. The second-order valence-corrected chi connectivity index (χ2v) is 3.83. The molecule has 0 aliphatic carbocycles. The van der Waals surface area contributed by atoms with Crippen LogP contribution in [0.15, 0.2) is 4.79 Å². The first-order valence-electron chi connectivity index (χ1n) is 4.62. The molecule has 5 nitrogen and oxygen atoms in total. The van der Waals surface area contributed by atoms with E-state index in [4.69, 9.17) is 11.6 Å². The average Bonchev–Trinajstić information content (AvgIpc) is 2.20. The van der Waals surface area contributed by atoms with Crippen molar-refractivity contribution in [3.05, 3.63) is 21.2 Å². The van der Waals surface area contributed by atoms with Crippen molar-refractivity contribution in [2.24, 2.45) is 0 Å². The summed E-state index contributed by atoms with van der Waals surface area (Å²) in [6.07, 6.45) is 1.51. The molecular weight excluding hydrogens is 218 g/mol. The lowest BCUT2D eigenvalue weighted by atomic mass is 10.2. The first-order chi connectivity index (χ1) is 7.15. The van der Waals surface area contributed by atoms with Crippen molar-refractivity contribution in [2.75, 3.05) is 18.5 Å². The molecule has 2 heterocycles. The van der Waals surface area contributed by atoms with Gasteiger partial charge in [0.15, 0.2) is 6.29 Å². The quantitative estimate of drug-likeness (QED) is 0.519. The zero-order chi connectivity index (χ0) is 11.0. The van der Waals surface area contributed by atoms with Crippen LogP contribution in [-0.2, 0) is 6.54 Å². The highest BCUT2D eigenvalue weighted by atomic mass is 35.5. The summed E-state index contributed by atoms with van der Waals surface area (Å²) in [5, 5.41) is -0.0185. The number of carbonyl (C=O) groups excluding carboxylic acids is 1. The minimum Gasteiger partial charge on any atom is -0.360 e. The number of carbonyl (C=O) groups is 1. The Morgan fingerprint density at radius 3 is 2.87 bits per heavy atom. The van der Waals surface area contributed by atoms with Crippen LogP contribution in [0.25, 0.3) is 0 Å². The molecule has 0 aromatic carbocycles. The minimum atomic E-state index is -0.396. The van der Waals surface area contributed by atoms with Gasteiger partial charge < -0.3 is 4.90 Å². The van der Waals surface area contributed by atoms with Gasteiger partial charge in [-0.1, -0.05) is 11.6 Å². The number of halogens is 1. The van der Waals surface area contributed by atoms with Crippen LogP contribution in [0, 0.1) is 0 Å². The molecule has 80 valence electrons. The van der Waals surface area contributed by atoms with E-state index < -0.39 is 5.69 Å². The predicted molar refractivity (Wildman–Crippen MR) is 56.8 cm³/mol. The fourth-order valence-electron chi connectivity index (χ4n) is 1.82. The SMILES string of the molecule is CN1CCCn2c1c(C=O)c(Cl)nc2=O. The Labute approximate surface area is 91.3 Å². The van der Waals surface area contributed by atoms with Gasteiger partial charge in [0, 0.05) is 20.1 Å². The maximum atomic E-state index is 11.5. The monoisotopic (exact) mass is 227 g/mol. The molecule has 1 aromatic heterocycles. The van der Waals surface area contributed by atoms with Crippen molar-refractivity contribution in [3.8, 4) is 0 Å². The molecule has 0 bridgehead atoms. The summed E-state index contributed by atoms with van der Waals surface area (Å²) in [5.74, 6) is 0.571. The van der Waals surface area contributed by atoms with E-state index in [9.17, 15) is 9.59 Å². The summed E-state index contributed by atoms with van der Waals surface area (Å²) < 4.78 is 1.49. The second-order valence-electron chi connectivity index (χ2n) is 3.47. The van der Waals surface area contributed by atoms with Crippen LogP contribution in [0.5, 0.6) is 0 Å². The summed E-state index contributed by atoms with van der Waals surface area (Å²) >= 11 is 5.75. The highest BCUT2D eigenvalue weighted by Gasteiger charge is 2.21. The molecule has 2 rings (SSSR count). The van der Waals surface area contributed by atoms with E-state index in [1.807, 2.05) is 11.9 Å². The van der Waals surface area contributed by atoms with Crippen LogP contribution in [0.1, 0.15) is 16.8 Å². The molecule has 1 aliphatic heterocycles. The molecule has 0 radical (unpaired) electrons. The summed E-state index contributed by atoms with van der Waals surface area (Å²) in [6.45, 7) is 1.39. The van der Waals surface area contributed by atoms with Crippen molar-refractivity contribution in [3.63, 3.8) is 0 Å². The van der Waals surface area contributed by atoms with E-state index in [2.05, 4.69) is 4.98 Å². The Hall–Kier alpha value is -1.36. The number of hydrogen-bond donors (Lipinski definition) is 0. The lowest BCUT2D eigenvalue weighted by molar-refractivity contribution is 0.112. The second kappa shape index (κ2) is 3.66. The average molecular weight is 228 g/mol. The van der Waals surface area contributed by atoms with Gasteiger partial charge in [0.25, 0.3) is 0 Å². The van der Waals surface area contributed by atoms with Crippen LogP contribution in [0.2, 0.25) is 5.15 Å². The third kappa shape index (κ3) is 1.52. The van der Waals surface area contributed by atoms with Crippen LogP contribution in [-0.4, -0.2) is 29.4 Å². The number of hydrogen-bond acceptors (Lipinski definition) is 4. The van der Waals surface area contributed by atoms with Crippen LogP contribution in [0.4, 0.5) is 5.82 Å². The first kappa shape index (κ1) is 10.2. The molecule has 0 fully saturated rings. The van der Waals surface area contributed by atoms with Gasteiger partial charge in [0.1, 0.15) is 11.0 Å². The fourth-order valence-corrected chi connectivity index (χ4v) is 2.02. The van der Waals surface area contributed by atoms with Gasteiger partial charge in [0.2, 0.25) is 0 Å². The summed E-state index contributed by atoms with van der Waals surface area (Å²) in [5.41, 5.74) is -0.106. The number of rotatable bonds is 1. The third-order valence-electron chi connectivity index (χ3n) is 2.50. The van der Waals surface area contributed by atoms with E-state index in [1.54, 1.807) is 0 Å². The molecule has 1 aliphatic rings. The van der Waals surface area contributed by atoms with Crippen LogP contribution < -0.4 is 10.6 Å². The number of anilines is 1. The number of aromatic nitrogens is 2. The molecule has 0 unspecified atom stereocenters. The Balaban J connectivity index is 2.77. The molecule has 1 aromatic rings. The standard InChI is InChI=1S/C9H10ClN3O2/c1-12-3-2-4-13-8(12)6(5-14)7(10)11-9(13)15/h5H,2-4H2,1H3. The molecule has 0 saturated heterocycles. The zero-order valence-corrected chi connectivity index (χ0v) is 8.99. The molecule has 0 atom stereocenters. The zero-order valence-electron chi connectivity index (χ0n) is 8.23. The number of aldehydes is 1. The van der Waals surface area contributed by atoms with Gasteiger partial charge in [-0.3, -0.25) is 9.36 Å². The molecule has 0 saturated carbocycles. The lowest BCUT2D eigenvalue weighted by Gasteiger charge is -2.29. The topological polar surface area (TPSA) is 55.2 Å². The maximum Gasteiger partial charge on any atom is 0.350 e. The van der Waals surface area contributed by atoms with Gasteiger partial charge in [-0.25, -0.2) is 4.79 Å². The van der Waals surface area contributed by atoms with Gasteiger partial charge in [0.05, 0.1) is 5.56 Å². The fraction of sp³-hybridized carbons (Fsp3) is 0.444. The van der Waals surface area contributed by atoms with Crippen molar-refractivity contribution in [1.82, 2.24) is 9.55 Å². The van der Waals surface area contributed by atoms with Gasteiger partial charge in [-0.15, -0.1) is 0 Å². The highest BCUT2D eigenvalue weighted by molar-refractivity contribution is 6.32. The van der Waals surface area contributed by atoms with E-state index in [-0.39, 0.29) is 5.15 Å². The molecule has 0 spiro atoms. The predicted octanol–water partition coefficient (Wildman–Crippen LogP) is 0.549. The van der Waals surface area contributed by atoms with Crippen LogP contribution >= 0.6 is 11.6 Å². The normalized spacial score (nSPS) is 14.9. The third-order valence-corrected chi connectivity index (χ3v) is 2.79. The minimum absolute atomic E-state index is 0.0185. The number of fused-ring (bicyclic) bond motifs is 1. The van der Waals surface area contributed by atoms with Gasteiger partial charge >= 0.3 is 5.69 Å². The Kier molecular flexibility index (Phi) is 2.48. The Morgan fingerprint density at radius 2 is 2.20 bits per heavy atom. The number of nitrogens with zero attached hydrogens (tertiary/aromatic N) is 3. The van der Waals surface area contributed by atoms with Crippen molar-refractivity contribution < 1.29 is 4.79 Å². The Morgan fingerprint density at radius 1 is 1.47 bits per heavy atom. The lowest BCUT2D eigenvalue weighted by Crippen LogP contribution is -2.37. The van der Waals surface area contributed by atoms with E-state index in [0.717, 1.165) is 13.0 Å². The van der Waals surface area contributed by atoms with Crippen molar-refractivity contribution in [2.45, 2.75) is 13.0 Å². The smallest absolute Gasteiger partial charge is 0.350 e. The van der Waals surface area contributed by atoms with Crippen LogP contribution in [0.3, 0.4) is 0 Å². The Bertz CT molecular complexity index is 469. The highest BCUT2D eigenvalue weighted by Crippen LogP contribution is 2.24. The van der Waals surface area contributed by atoms with E-state index >= 15 is 0 Å². The first-order valence-corrected chi connectivity index (χ1v) is 4.99. The summed E-state index contributed by atoms with van der Waals surface area (Å²) in [7, 11) is 1.83. The summed E-state index contributed by atoms with van der Waals surface area (Å²) in [4.78, 5) is 27.9. The maximum absolute atomic E-state index is 11.5. The molecule has 15 heavy (non-hydrogen) atoms. The summed E-state index contributed by atoms with van der Waals surface area (Å²) in [6, 6.07) is 0. The van der Waals surface area contributed by atoms with Crippen molar-refractivity contribution >= 4 is 23.7 Å². The van der Waals surface area contributed by atoms with E-state index in [1.165, 1.54) is 4.57 Å². The van der Waals surface area contributed by atoms with Gasteiger partial charge in [-0.2, -0.15) is 4.98 Å². The molecule has 0 amide bonds. The van der Waals surface area contributed by atoms with E-state index in [0.29, 0.717) is 24.2 Å². The van der Waals surface area contributed by atoms with Crippen molar-refractivity contribution in [1.29, 1.82) is 0 Å². The molecule has 6 heteroatoms. The molecular formula is C9H10ClN3O2.